The molecule has 7 heteroatoms. The van der Waals surface area contributed by atoms with Gasteiger partial charge in [0.2, 0.25) is 0 Å². The molecule has 17 heavy (non-hydrogen) atoms. The normalized spacial score (nSPS) is 11.7. The van der Waals surface area contributed by atoms with Crippen LogP contribution in [-0.2, 0) is 10.0 Å². The van der Waals surface area contributed by atoms with Crippen LogP contribution < -0.4 is 0 Å². The van der Waals surface area contributed by atoms with E-state index in [9.17, 15) is 8.42 Å². The lowest BCUT2D eigenvalue weighted by Crippen LogP contribution is -2.13. The van der Waals surface area contributed by atoms with Crippen LogP contribution in [0.4, 0.5) is 0 Å². The summed E-state index contributed by atoms with van der Waals surface area (Å²) in [4.78, 5) is 7.90. The lowest BCUT2D eigenvalue weighted by atomic mass is 10.5. The number of hydrogen-bond donors (Lipinski definition) is 0. The molecule has 0 N–H and O–H groups in total. The van der Waals surface area contributed by atoms with Gasteiger partial charge in [-0.3, -0.25) is 0 Å². The van der Waals surface area contributed by atoms with Gasteiger partial charge < -0.3 is 0 Å². The molecule has 2 aromatic rings. The van der Waals surface area contributed by atoms with Crippen LogP contribution in [-0.4, -0.2) is 22.4 Å². The van der Waals surface area contributed by atoms with Gasteiger partial charge in [0.15, 0.2) is 0 Å². The Morgan fingerprint density at radius 1 is 1.29 bits per heavy atom. The Hall–Kier alpha value is -1.40. The van der Waals surface area contributed by atoms with Crippen molar-refractivity contribution < 1.29 is 8.42 Å². The lowest BCUT2D eigenvalue weighted by molar-refractivity contribution is 0.585. The van der Waals surface area contributed by atoms with Crippen LogP contribution in [0.15, 0.2) is 29.4 Å². The first-order valence-corrected chi connectivity index (χ1v) is 6.63. The number of rotatable bonds is 2. The summed E-state index contributed by atoms with van der Waals surface area (Å²) in [5.74, 6) is 0.414. The topological polar surface area (TPSA) is 64.8 Å². The maximum absolute atomic E-state index is 12.2. The van der Waals surface area contributed by atoms with Gasteiger partial charge in [0.25, 0.3) is 10.0 Å². The maximum Gasteiger partial charge on any atom is 0.270 e. The molecule has 0 saturated carbocycles. The largest absolute Gasteiger partial charge is 0.270 e. The van der Waals surface area contributed by atoms with E-state index in [0.29, 0.717) is 11.5 Å². The highest BCUT2D eigenvalue weighted by molar-refractivity contribution is 7.90. The fourth-order valence-corrected chi connectivity index (χ4v) is 2.91. The second kappa shape index (κ2) is 4.12. The molecule has 0 amide bonds. The second-order valence-electron chi connectivity index (χ2n) is 3.55. The monoisotopic (exact) mass is 271 g/mol. The summed E-state index contributed by atoms with van der Waals surface area (Å²) in [5, 5.41) is 0.252. The Labute approximate surface area is 104 Å². The molecule has 0 bridgehead atoms. The molecule has 2 aromatic heterocycles. The lowest BCUT2D eigenvalue weighted by Gasteiger charge is -2.06. The van der Waals surface area contributed by atoms with Crippen molar-refractivity contribution in [2.24, 2.45) is 0 Å². The summed E-state index contributed by atoms with van der Waals surface area (Å²) in [6.45, 7) is 3.37. The number of halogens is 1. The summed E-state index contributed by atoms with van der Waals surface area (Å²) in [6, 6.07) is 2.85. The molecule has 0 spiro atoms. The van der Waals surface area contributed by atoms with Crippen molar-refractivity contribution in [3.63, 3.8) is 0 Å². The Kier molecular flexibility index (Phi) is 2.92. The van der Waals surface area contributed by atoms with E-state index in [1.807, 2.05) is 0 Å². The zero-order chi connectivity index (χ0) is 12.6. The summed E-state index contributed by atoms with van der Waals surface area (Å²) >= 11 is 5.62. The van der Waals surface area contributed by atoms with Crippen LogP contribution in [0.3, 0.4) is 0 Å². The second-order valence-corrected chi connectivity index (χ2v) is 5.75. The highest BCUT2D eigenvalue weighted by Gasteiger charge is 2.19. The third kappa shape index (κ3) is 2.18. The first-order chi connectivity index (χ1) is 7.91. The molecule has 2 rings (SSSR count). The van der Waals surface area contributed by atoms with Crippen molar-refractivity contribution in [2.75, 3.05) is 0 Å². The molecule has 5 nitrogen and oxygen atoms in total. The molecular weight excluding hydrogens is 262 g/mol. The predicted octanol–water partition coefficient (Wildman–Crippen LogP) is 1.79. The minimum absolute atomic E-state index is 0.0856. The highest BCUT2D eigenvalue weighted by Crippen LogP contribution is 2.16. The van der Waals surface area contributed by atoms with Crippen LogP contribution in [0.25, 0.3) is 0 Å². The highest BCUT2D eigenvalue weighted by atomic mass is 35.5. The summed E-state index contributed by atoms with van der Waals surface area (Å²) < 4.78 is 25.6. The van der Waals surface area contributed by atoms with Crippen LogP contribution in [0, 0.1) is 13.8 Å². The van der Waals surface area contributed by atoms with Crippen molar-refractivity contribution in [2.45, 2.75) is 18.7 Å². The minimum atomic E-state index is -3.63. The SMILES string of the molecule is Cc1cn(S(=O)(=O)c2ccc(Cl)nc2)c(C)n1. The van der Waals surface area contributed by atoms with E-state index in [2.05, 4.69) is 9.97 Å². The molecule has 0 unspecified atom stereocenters. The van der Waals surface area contributed by atoms with E-state index in [0.717, 1.165) is 3.97 Å². The summed E-state index contributed by atoms with van der Waals surface area (Å²) in [5.41, 5.74) is 0.646. The van der Waals surface area contributed by atoms with E-state index in [1.165, 1.54) is 24.5 Å². The van der Waals surface area contributed by atoms with Crippen LogP contribution in [0.1, 0.15) is 11.5 Å². The fraction of sp³-hybridized carbons (Fsp3) is 0.200. The van der Waals surface area contributed by atoms with Crippen molar-refractivity contribution in [3.05, 3.63) is 41.2 Å². The van der Waals surface area contributed by atoms with Crippen LogP contribution >= 0.6 is 11.6 Å². The Morgan fingerprint density at radius 2 is 2.00 bits per heavy atom. The third-order valence-corrected chi connectivity index (χ3v) is 4.17. The first-order valence-electron chi connectivity index (χ1n) is 4.81. The van der Waals surface area contributed by atoms with E-state index in [1.54, 1.807) is 13.8 Å². The molecule has 0 fully saturated rings. The molecule has 0 aliphatic carbocycles. The number of nitrogens with zero attached hydrogens (tertiary/aromatic N) is 3. The maximum atomic E-state index is 12.2. The quantitative estimate of drug-likeness (QED) is 0.781. The number of aryl methyl sites for hydroxylation is 2. The van der Waals surface area contributed by atoms with Crippen molar-refractivity contribution >= 4 is 21.6 Å². The van der Waals surface area contributed by atoms with Crippen molar-refractivity contribution in [1.82, 2.24) is 13.9 Å². The Morgan fingerprint density at radius 3 is 2.47 bits per heavy atom. The molecule has 0 aliphatic rings. The molecule has 0 radical (unpaired) electrons. The summed E-state index contributed by atoms with van der Waals surface area (Å²) in [6.07, 6.45) is 2.70. The number of imidazole rings is 1. The van der Waals surface area contributed by atoms with Gasteiger partial charge in [-0.15, -0.1) is 0 Å². The fourth-order valence-electron chi connectivity index (χ4n) is 1.47. The van der Waals surface area contributed by atoms with Gasteiger partial charge in [0.1, 0.15) is 15.9 Å². The van der Waals surface area contributed by atoms with Crippen LogP contribution in [0.5, 0.6) is 0 Å². The van der Waals surface area contributed by atoms with Crippen molar-refractivity contribution in [3.8, 4) is 0 Å². The molecule has 0 atom stereocenters. The third-order valence-electron chi connectivity index (χ3n) is 2.22. The van der Waals surface area contributed by atoms with E-state index >= 15 is 0 Å². The molecule has 90 valence electrons. The van der Waals surface area contributed by atoms with Crippen molar-refractivity contribution in [1.29, 1.82) is 0 Å². The first kappa shape index (κ1) is 12.1. The summed E-state index contributed by atoms with van der Waals surface area (Å²) in [7, 11) is -3.63. The molecule has 2 heterocycles. The van der Waals surface area contributed by atoms with Gasteiger partial charge >= 0.3 is 0 Å². The number of hydrogen-bond acceptors (Lipinski definition) is 4. The van der Waals surface area contributed by atoms with E-state index in [-0.39, 0.29) is 10.0 Å². The Balaban J connectivity index is 2.57. The minimum Gasteiger partial charge on any atom is -0.243 e. The predicted molar refractivity (Wildman–Crippen MR) is 63.5 cm³/mol. The van der Waals surface area contributed by atoms with Gasteiger partial charge in [0.05, 0.1) is 5.69 Å². The number of pyridine rings is 1. The Bertz CT molecular complexity index is 647. The van der Waals surface area contributed by atoms with E-state index < -0.39 is 10.0 Å². The average Bonchev–Trinajstić information content (AvgIpc) is 2.59. The molecule has 0 saturated heterocycles. The van der Waals surface area contributed by atoms with Gasteiger partial charge in [-0.1, -0.05) is 11.6 Å². The van der Waals surface area contributed by atoms with Crippen LogP contribution in [0.2, 0.25) is 5.15 Å². The zero-order valence-corrected chi connectivity index (χ0v) is 10.8. The van der Waals surface area contributed by atoms with Gasteiger partial charge in [-0.2, -0.15) is 0 Å². The molecule has 0 aliphatic heterocycles. The smallest absolute Gasteiger partial charge is 0.243 e. The average molecular weight is 272 g/mol. The molecular formula is C10H10ClN3O2S. The number of aromatic nitrogens is 3. The van der Waals surface area contributed by atoms with Gasteiger partial charge in [-0.25, -0.2) is 22.4 Å². The molecule has 0 aromatic carbocycles. The van der Waals surface area contributed by atoms with E-state index in [4.69, 9.17) is 11.6 Å². The van der Waals surface area contributed by atoms with Gasteiger partial charge in [-0.05, 0) is 26.0 Å². The van der Waals surface area contributed by atoms with Gasteiger partial charge in [0, 0.05) is 12.4 Å². The standard InChI is InChI=1S/C10H10ClN3O2S/c1-7-6-14(8(2)13-7)17(15,16)9-3-4-10(11)12-5-9/h3-6H,1-2H3. The zero-order valence-electron chi connectivity index (χ0n) is 9.25.